The van der Waals surface area contributed by atoms with Crippen molar-refractivity contribution >= 4 is 28.0 Å². The second-order valence-corrected chi connectivity index (χ2v) is 22.7. The molecule has 0 nitrogen and oxygen atoms in total. The van der Waals surface area contributed by atoms with Crippen LogP contribution < -0.4 is 0 Å². The van der Waals surface area contributed by atoms with Gasteiger partial charge in [-0.25, -0.2) is 0 Å². The summed E-state index contributed by atoms with van der Waals surface area (Å²) >= 11 is -2.92. The molecule has 4 aromatic rings. The first kappa shape index (κ1) is 38.5. The van der Waals surface area contributed by atoms with Crippen molar-refractivity contribution in [2.45, 2.75) is 90.1 Å². The Morgan fingerprint density at radius 3 is 1.42 bits per heavy atom. The normalized spacial score (nSPS) is 15.8. The summed E-state index contributed by atoms with van der Waals surface area (Å²) in [5, 5.41) is 0. The molecule has 48 heavy (non-hydrogen) atoms. The van der Waals surface area contributed by atoms with E-state index in [-0.39, 0.29) is 41.1 Å². The maximum absolute atomic E-state index is 2.92. The SMILES string of the molecule is CCC1=CC(C(C)(C)C)[C]([Zr](=[C](c2ccccc2)c2ccccc2)[CH]2c3cc(C(C)(C)C)ccc3-c3ccc(C(C)(C)C)cc32)=C1.Cl.Cl. The zero-order valence-electron chi connectivity index (χ0n) is 30.6. The fourth-order valence-electron chi connectivity index (χ4n) is 7.47. The molecule has 3 heteroatoms. The van der Waals surface area contributed by atoms with Gasteiger partial charge in [0.1, 0.15) is 0 Å². The molecular formula is C45H54Cl2Zr. The van der Waals surface area contributed by atoms with E-state index in [9.17, 15) is 0 Å². The van der Waals surface area contributed by atoms with Crippen molar-refractivity contribution in [3.8, 4) is 11.1 Å². The van der Waals surface area contributed by atoms with E-state index in [2.05, 4.69) is 178 Å². The zero-order chi connectivity index (χ0) is 33.0. The molecule has 6 rings (SSSR count). The summed E-state index contributed by atoms with van der Waals surface area (Å²) < 4.78 is 3.76. The summed E-state index contributed by atoms with van der Waals surface area (Å²) in [5.74, 6) is 0.434. The first-order chi connectivity index (χ1) is 21.7. The van der Waals surface area contributed by atoms with Crippen molar-refractivity contribution in [2.75, 3.05) is 0 Å². The van der Waals surface area contributed by atoms with E-state index in [1.165, 1.54) is 39.0 Å². The number of halogens is 2. The molecule has 252 valence electrons. The van der Waals surface area contributed by atoms with Gasteiger partial charge in [-0.2, -0.15) is 0 Å². The minimum Gasteiger partial charge on any atom is -0.147 e. The molecule has 0 bridgehead atoms. The van der Waals surface area contributed by atoms with Crippen molar-refractivity contribution in [1.29, 1.82) is 0 Å². The van der Waals surface area contributed by atoms with Gasteiger partial charge >= 0.3 is 288 Å². The van der Waals surface area contributed by atoms with Crippen molar-refractivity contribution < 1.29 is 21.3 Å². The smallest absolute Gasteiger partial charge is 0.147 e. The Morgan fingerprint density at radius 1 is 0.604 bits per heavy atom. The van der Waals surface area contributed by atoms with Crippen molar-refractivity contribution in [3.05, 3.63) is 151 Å². The Kier molecular flexibility index (Phi) is 11.6. The molecule has 0 N–H and O–H groups in total. The minimum atomic E-state index is -2.92. The number of benzene rings is 4. The molecule has 0 spiro atoms. The van der Waals surface area contributed by atoms with Gasteiger partial charge in [-0.05, 0) is 0 Å². The second kappa shape index (κ2) is 14.5. The fourth-order valence-corrected chi connectivity index (χ4v) is 17.7. The van der Waals surface area contributed by atoms with Gasteiger partial charge < -0.3 is 0 Å². The van der Waals surface area contributed by atoms with Crippen molar-refractivity contribution in [3.63, 3.8) is 0 Å². The monoisotopic (exact) mass is 754 g/mol. The molecule has 0 saturated heterocycles. The van der Waals surface area contributed by atoms with Crippen LogP contribution in [0.2, 0.25) is 0 Å². The maximum atomic E-state index is 2.68. The number of hydrogen-bond acceptors (Lipinski definition) is 0. The average Bonchev–Trinajstić information content (AvgIpc) is 3.59. The van der Waals surface area contributed by atoms with Crippen LogP contribution in [0.15, 0.2) is 118 Å². The second-order valence-electron chi connectivity index (χ2n) is 16.6. The van der Waals surface area contributed by atoms with Gasteiger partial charge in [0.05, 0.1) is 0 Å². The van der Waals surface area contributed by atoms with Gasteiger partial charge in [-0.15, -0.1) is 24.8 Å². The van der Waals surface area contributed by atoms with E-state index in [4.69, 9.17) is 0 Å². The standard InChI is InChI=1S/C21H25.C13H10.C11H17.2ClH.Zr/c1-20(2,3)16-7-9-18-14(12-16)11-15-13-17(21(4,5)6)8-10-19(15)18;1-3-7-12(8-4-1)11-13-9-5-2-6-10-13;1-5-9-6-7-10(8-9)11(2,3)4;;;/h7-13H,1-6H3;1-10H;6,8,10H,5H2,1-4H3;2*1H;. The Labute approximate surface area is 311 Å². The Balaban J connectivity index is 0.00000260. The third-order valence-corrected chi connectivity index (χ3v) is 18.5. The predicted molar refractivity (Wildman–Crippen MR) is 211 cm³/mol. The summed E-state index contributed by atoms with van der Waals surface area (Å²) in [5.41, 5.74) is 13.5. The quantitative estimate of drug-likeness (QED) is 0.190. The van der Waals surface area contributed by atoms with Crippen LogP contribution in [-0.2, 0) is 32.1 Å². The number of rotatable bonds is 5. The Hall–Kier alpha value is -2.31. The summed E-state index contributed by atoms with van der Waals surface area (Å²) in [6.45, 7) is 23.9. The van der Waals surface area contributed by atoms with E-state index >= 15 is 0 Å². The molecule has 0 fully saturated rings. The van der Waals surface area contributed by atoms with Crippen LogP contribution >= 0.6 is 24.8 Å². The van der Waals surface area contributed by atoms with Crippen LogP contribution in [-0.4, -0.2) is 3.21 Å². The molecular weight excluding hydrogens is 703 g/mol. The Bertz CT molecular complexity index is 1750. The molecule has 0 saturated carbocycles. The van der Waals surface area contributed by atoms with Gasteiger partial charge in [0.15, 0.2) is 0 Å². The minimum absolute atomic E-state index is 0. The first-order valence-electron chi connectivity index (χ1n) is 17.3. The molecule has 0 heterocycles. The third kappa shape index (κ3) is 7.41. The molecule has 2 aliphatic carbocycles. The van der Waals surface area contributed by atoms with Gasteiger partial charge in [0.2, 0.25) is 0 Å². The van der Waals surface area contributed by atoms with Gasteiger partial charge in [-0.3, -0.25) is 0 Å². The fraction of sp³-hybridized carbons (Fsp3) is 0.356. The predicted octanol–water partition coefficient (Wildman–Crippen LogP) is 13.0. The molecule has 0 aromatic heterocycles. The van der Waals surface area contributed by atoms with Crippen LogP contribution in [0.1, 0.15) is 113 Å². The van der Waals surface area contributed by atoms with E-state index < -0.39 is 21.3 Å². The van der Waals surface area contributed by atoms with Crippen LogP contribution in [0.5, 0.6) is 0 Å². The third-order valence-electron chi connectivity index (χ3n) is 10.1. The molecule has 4 aromatic carbocycles. The van der Waals surface area contributed by atoms with Crippen LogP contribution in [0.3, 0.4) is 0 Å². The number of fused-ring (bicyclic) bond motifs is 3. The molecule has 0 radical (unpaired) electrons. The van der Waals surface area contributed by atoms with Gasteiger partial charge in [0.25, 0.3) is 0 Å². The summed E-state index contributed by atoms with van der Waals surface area (Å²) in [6.07, 6.45) is 6.39. The molecule has 1 unspecified atom stereocenters. The molecule has 0 amide bonds. The van der Waals surface area contributed by atoms with Crippen LogP contribution in [0, 0.1) is 11.3 Å². The maximum Gasteiger partial charge on any atom is -0.147 e. The summed E-state index contributed by atoms with van der Waals surface area (Å²) in [7, 11) is 0. The summed E-state index contributed by atoms with van der Waals surface area (Å²) in [4.78, 5) is 0. The van der Waals surface area contributed by atoms with E-state index in [1.807, 2.05) is 0 Å². The van der Waals surface area contributed by atoms with E-state index in [0.29, 0.717) is 9.54 Å². The van der Waals surface area contributed by atoms with Gasteiger partial charge in [0, 0.05) is 0 Å². The first-order valence-corrected chi connectivity index (χ1v) is 21.1. The Morgan fingerprint density at radius 2 is 1.04 bits per heavy atom. The van der Waals surface area contributed by atoms with E-state index in [1.54, 1.807) is 17.6 Å². The van der Waals surface area contributed by atoms with Crippen molar-refractivity contribution in [1.82, 2.24) is 0 Å². The number of allylic oxidation sites excluding steroid dienone is 4. The number of hydrogen-bond donors (Lipinski definition) is 0. The summed E-state index contributed by atoms with van der Waals surface area (Å²) in [6, 6.07) is 37.8. The molecule has 1 atom stereocenters. The van der Waals surface area contributed by atoms with Crippen LogP contribution in [0.4, 0.5) is 0 Å². The largest absolute Gasteiger partial charge is 0.147 e. The van der Waals surface area contributed by atoms with Gasteiger partial charge in [-0.1, -0.05) is 0 Å². The van der Waals surface area contributed by atoms with E-state index in [0.717, 1.165) is 6.42 Å². The zero-order valence-corrected chi connectivity index (χ0v) is 34.7. The van der Waals surface area contributed by atoms with Crippen LogP contribution in [0.25, 0.3) is 11.1 Å². The van der Waals surface area contributed by atoms with Crippen molar-refractivity contribution in [2.24, 2.45) is 11.3 Å². The average molecular weight is 757 g/mol. The topological polar surface area (TPSA) is 0 Å². The molecule has 2 aliphatic rings. The molecule has 0 aliphatic heterocycles.